The summed E-state index contributed by atoms with van der Waals surface area (Å²) in [7, 11) is 0. The van der Waals surface area contributed by atoms with Crippen molar-refractivity contribution in [3.63, 3.8) is 0 Å². The first-order valence-electron chi connectivity index (χ1n) is 3.26. The third-order valence-corrected chi connectivity index (χ3v) is 2.30. The average Bonchev–Trinajstić information content (AvgIpc) is 2.23. The van der Waals surface area contributed by atoms with E-state index in [0.29, 0.717) is 5.92 Å². The molecule has 1 N–H and O–H groups in total. The van der Waals surface area contributed by atoms with Crippen LogP contribution in [0, 0.1) is 5.92 Å². The summed E-state index contributed by atoms with van der Waals surface area (Å²) in [6.07, 6.45) is 1.23. The first-order valence-corrected chi connectivity index (χ1v) is 3.26. The van der Waals surface area contributed by atoms with E-state index in [0.717, 1.165) is 13.1 Å². The molecule has 2 aliphatic rings. The van der Waals surface area contributed by atoms with Gasteiger partial charge in [-0.05, 0) is 13.0 Å². The molecule has 0 aromatic heterocycles. The van der Waals surface area contributed by atoms with Crippen LogP contribution in [0.2, 0.25) is 0 Å². The van der Waals surface area contributed by atoms with Crippen molar-refractivity contribution in [2.24, 2.45) is 5.92 Å². The molecule has 54 valence electrons. The topological polar surface area (TPSA) is 23.5 Å². The number of aliphatic hydroxyl groups excluding tert-OH is 1. The zero-order valence-corrected chi connectivity index (χ0v) is 6.10. The highest BCUT2D eigenvalue weighted by atomic mass is 35.5. The minimum Gasteiger partial charge on any atom is -0.391 e. The average molecular weight is 150 g/mol. The molecule has 3 heteroatoms. The quantitative estimate of drug-likeness (QED) is 0.529. The molecule has 0 aromatic rings. The van der Waals surface area contributed by atoms with Crippen LogP contribution in [0.1, 0.15) is 6.42 Å². The summed E-state index contributed by atoms with van der Waals surface area (Å²) in [4.78, 5) is 2.33. The molecule has 2 saturated heterocycles. The highest BCUT2D eigenvalue weighted by molar-refractivity contribution is 5.85. The van der Waals surface area contributed by atoms with E-state index in [2.05, 4.69) is 4.90 Å². The lowest BCUT2D eigenvalue weighted by Crippen LogP contribution is -2.26. The molecule has 0 spiro atoms. The summed E-state index contributed by atoms with van der Waals surface area (Å²) in [5.74, 6) is 0.620. The Kier molecular flexibility index (Phi) is 1.99. The molecule has 2 bridgehead atoms. The van der Waals surface area contributed by atoms with Crippen LogP contribution in [0.25, 0.3) is 0 Å². The van der Waals surface area contributed by atoms with Gasteiger partial charge in [0.1, 0.15) is 0 Å². The Hall–Kier alpha value is 0.210. The number of piperidine rings is 1. The molecule has 2 fully saturated rings. The van der Waals surface area contributed by atoms with Crippen molar-refractivity contribution < 1.29 is 5.11 Å². The smallest absolute Gasteiger partial charge is 0.0707 e. The standard InChI is InChI=1S/C6H11NO.ClH/c8-6-4-7-2-1-5(6)3-7;/h5-6,8H,1-4H2;1H/t5-,6-;/m0./s1. The fourth-order valence-corrected chi connectivity index (χ4v) is 1.76. The lowest BCUT2D eigenvalue weighted by atomic mass is 10.0. The van der Waals surface area contributed by atoms with Gasteiger partial charge in [-0.3, -0.25) is 0 Å². The number of hydrogen-bond donors (Lipinski definition) is 1. The fourth-order valence-electron chi connectivity index (χ4n) is 1.76. The molecule has 0 aliphatic carbocycles. The minimum absolute atomic E-state index is 0. The van der Waals surface area contributed by atoms with Crippen LogP contribution >= 0.6 is 12.4 Å². The van der Waals surface area contributed by atoms with Gasteiger partial charge in [-0.15, -0.1) is 12.4 Å². The van der Waals surface area contributed by atoms with Crippen molar-refractivity contribution >= 4 is 12.4 Å². The van der Waals surface area contributed by atoms with Crippen LogP contribution in [0.5, 0.6) is 0 Å². The predicted molar refractivity (Wildman–Crippen MR) is 37.8 cm³/mol. The first kappa shape index (κ1) is 7.32. The SMILES string of the molecule is Cl.O[C@H]1CN2CC[C@H]1C2. The lowest BCUT2D eigenvalue weighted by Gasteiger charge is -2.15. The highest BCUT2D eigenvalue weighted by Gasteiger charge is 2.36. The van der Waals surface area contributed by atoms with Gasteiger partial charge >= 0.3 is 0 Å². The Morgan fingerprint density at radius 1 is 1.33 bits per heavy atom. The van der Waals surface area contributed by atoms with E-state index >= 15 is 0 Å². The second kappa shape index (κ2) is 2.45. The van der Waals surface area contributed by atoms with E-state index in [1.807, 2.05) is 0 Å². The van der Waals surface area contributed by atoms with E-state index in [1.54, 1.807) is 0 Å². The van der Waals surface area contributed by atoms with Crippen LogP contribution in [0.3, 0.4) is 0 Å². The van der Waals surface area contributed by atoms with Gasteiger partial charge in [0.15, 0.2) is 0 Å². The van der Waals surface area contributed by atoms with Crippen molar-refractivity contribution in [3.05, 3.63) is 0 Å². The molecule has 2 heterocycles. The maximum atomic E-state index is 9.18. The monoisotopic (exact) mass is 149 g/mol. The van der Waals surface area contributed by atoms with E-state index in [1.165, 1.54) is 13.0 Å². The second-order valence-electron chi connectivity index (χ2n) is 2.88. The largest absolute Gasteiger partial charge is 0.391 e. The van der Waals surface area contributed by atoms with Gasteiger partial charge in [-0.25, -0.2) is 0 Å². The van der Waals surface area contributed by atoms with E-state index in [4.69, 9.17) is 0 Å². The summed E-state index contributed by atoms with van der Waals surface area (Å²) < 4.78 is 0. The van der Waals surface area contributed by atoms with E-state index in [-0.39, 0.29) is 18.5 Å². The van der Waals surface area contributed by atoms with Gasteiger partial charge in [0, 0.05) is 19.0 Å². The summed E-state index contributed by atoms with van der Waals surface area (Å²) in [5, 5.41) is 9.18. The zero-order chi connectivity index (χ0) is 5.56. The molecular weight excluding hydrogens is 138 g/mol. The Morgan fingerprint density at radius 3 is 2.33 bits per heavy atom. The first-order chi connectivity index (χ1) is 3.86. The predicted octanol–water partition coefficient (Wildman–Crippen LogP) is 0.105. The molecule has 2 nitrogen and oxygen atoms in total. The molecule has 9 heavy (non-hydrogen) atoms. The summed E-state index contributed by atoms with van der Waals surface area (Å²) in [5.41, 5.74) is 0. The number of aliphatic hydroxyl groups is 1. The van der Waals surface area contributed by atoms with Crippen LogP contribution < -0.4 is 0 Å². The number of nitrogens with zero attached hydrogens (tertiary/aromatic N) is 1. The van der Waals surface area contributed by atoms with Crippen molar-refractivity contribution in [2.75, 3.05) is 19.6 Å². The van der Waals surface area contributed by atoms with Crippen molar-refractivity contribution in [1.82, 2.24) is 4.90 Å². The fraction of sp³-hybridized carbons (Fsp3) is 1.00. The van der Waals surface area contributed by atoms with Gasteiger partial charge in [-0.1, -0.05) is 0 Å². The molecule has 0 radical (unpaired) electrons. The maximum Gasteiger partial charge on any atom is 0.0707 e. The lowest BCUT2D eigenvalue weighted by molar-refractivity contribution is 0.118. The van der Waals surface area contributed by atoms with Crippen LogP contribution in [0.15, 0.2) is 0 Å². The Balaban J connectivity index is 0.000000405. The number of hydrogen-bond acceptors (Lipinski definition) is 2. The minimum atomic E-state index is 0. The van der Waals surface area contributed by atoms with Crippen LogP contribution in [0.4, 0.5) is 0 Å². The molecule has 0 aromatic carbocycles. The van der Waals surface area contributed by atoms with Crippen molar-refractivity contribution in [1.29, 1.82) is 0 Å². The third-order valence-electron chi connectivity index (χ3n) is 2.30. The van der Waals surface area contributed by atoms with Gasteiger partial charge in [0.25, 0.3) is 0 Å². The summed E-state index contributed by atoms with van der Waals surface area (Å²) in [6.45, 7) is 3.31. The van der Waals surface area contributed by atoms with E-state index in [9.17, 15) is 5.11 Å². The van der Waals surface area contributed by atoms with Gasteiger partial charge in [0.05, 0.1) is 6.10 Å². The van der Waals surface area contributed by atoms with Gasteiger partial charge in [-0.2, -0.15) is 0 Å². The molecule has 0 amide bonds. The molecule has 0 saturated carbocycles. The second-order valence-corrected chi connectivity index (χ2v) is 2.88. The third kappa shape index (κ3) is 1.07. The number of halogens is 1. The summed E-state index contributed by atoms with van der Waals surface area (Å²) in [6, 6.07) is 0. The van der Waals surface area contributed by atoms with Gasteiger partial charge < -0.3 is 10.0 Å². The summed E-state index contributed by atoms with van der Waals surface area (Å²) >= 11 is 0. The van der Waals surface area contributed by atoms with Crippen molar-refractivity contribution in [3.8, 4) is 0 Å². The van der Waals surface area contributed by atoms with Crippen molar-refractivity contribution in [2.45, 2.75) is 12.5 Å². The highest BCUT2D eigenvalue weighted by Crippen LogP contribution is 2.27. The Morgan fingerprint density at radius 2 is 2.11 bits per heavy atom. The van der Waals surface area contributed by atoms with Crippen LogP contribution in [-0.4, -0.2) is 35.7 Å². The van der Waals surface area contributed by atoms with E-state index < -0.39 is 0 Å². The molecule has 3 atom stereocenters. The van der Waals surface area contributed by atoms with Gasteiger partial charge in [0.2, 0.25) is 0 Å². The number of rotatable bonds is 0. The molecular formula is C6H12ClNO. The normalized spacial score (nSPS) is 47.0. The number of fused-ring (bicyclic) bond motifs is 2. The Bertz CT molecular complexity index is 107. The van der Waals surface area contributed by atoms with Crippen LogP contribution in [-0.2, 0) is 0 Å². The zero-order valence-electron chi connectivity index (χ0n) is 5.29. The maximum absolute atomic E-state index is 9.18. The molecule has 2 rings (SSSR count). The molecule has 1 unspecified atom stereocenters. The Labute approximate surface area is 61.3 Å². The molecule has 2 aliphatic heterocycles.